The number of hydrogen-bond donors (Lipinski definition) is 0. The van der Waals surface area contributed by atoms with Gasteiger partial charge in [-0.05, 0) is 17.4 Å². The van der Waals surface area contributed by atoms with Crippen molar-refractivity contribution in [2.45, 2.75) is 90.9 Å². The van der Waals surface area contributed by atoms with Gasteiger partial charge in [-0.15, -0.1) is 5.56 Å². The second-order valence-corrected chi connectivity index (χ2v) is 14.0. The van der Waals surface area contributed by atoms with Crippen molar-refractivity contribution in [2.75, 3.05) is 0 Å². The first-order valence-corrected chi connectivity index (χ1v) is 14.3. The summed E-state index contributed by atoms with van der Waals surface area (Å²) in [6.07, 6.45) is 8.42. The molecule has 0 radical (unpaired) electrons. The van der Waals surface area contributed by atoms with Gasteiger partial charge in [-0.25, -0.2) is 12.1 Å². The molecule has 1 saturated carbocycles. The maximum absolute atomic E-state index is 3.53. The van der Waals surface area contributed by atoms with Crippen molar-refractivity contribution in [3.05, 3.63) is 89.0 Å². The van der Waals surface area contributed by atoms with E-state index in [0.29, 0.717) is 0 Å². The third-order valence-electron chi connectivity index (χ3n) is 6.54. The van der Waals surface area contributed by atoms with Gasteiger partial charge in [0, 0.05) is 0 Å². The smallest absolute Gasteiger partial charge is 0.172 e. The topological polar surface area (TPSA) is 0 Å². The summed E-state index contributed by atoms with van der Waals surface area (Å²) in [5, 5.41) is 0. The van der Waals surface area contributed by atoms with Gasteiger partial charge in [0.2, 0.25) is 0 Å². The van der Waals surface area contributed by atoms with Crippen LogP contribution in [0.15, 0.2) is 60.7 Å². The molecule has 188 valence electrons. The van der Waals surface area contributed by atoms with Gasteiger partial charge < -0.3 is 24.8 Å². The Kier molecular flexibility index (Phi) is 13.0. The molecule has 0 nitrogen and oxygen atoms in total. The Bertz CT molecular complexity index is 963. The molecule has 0 N–H and O–H groups in total. The van der Waals surface area contributed by atoms with Crippen LogP contribution in [0.2, 0.25) is 0 Å². The van der Waals surface area contributed by atoms with Crippen molar-refractivity contribution in [2.24, 2.45) is 0 Å². The van der Waals surface area contributed by atoms with Crippen molar-refractivity contribution < 1.29 is 48.7 Å². The van der Waals surface area contributed by atoms with Crippen LogP contribution in [-0.4, -0.2) is 3.26 Å². The number of fused-ring (bicyclic) bond motifs is 3. The molecule has 1 fully saturated rings. The Morgan fingerprint density at radius 1 is 0.771 bits per heavy atom. The first-order valence-electron chi connectivity index (χ1n) is 12.5. The summed E-state index contributed by atoms with van der Waals surface area (Å²) in [5.74, 6) is 0. The van der Waals surface area contributed by atoms with Crippen molar-refractivity contribution >= 4 is 3.26 Å². The van der Waals surface area contributed by atoms with Crippen molar-refractivity contribution in [1.29, 1.82) is 0 Å². The number of rotatable bonds is 0. The molecule has 0 unspecified atom stereocenters. The average molecular weight is 674 g/mol. The molecule has 0 spiro atoms. The van der Waals surface area contributed by atoms with Gasteiger partial charge in [-0.2, -0.15) is 47.5 Å². The van der Waals surface area contributed by atoms with Crippen molar-refractivity contribution in [1.82, 2.24) is 0 Å². The van der Waals surface area contributed by atoms with E-state index in [0.717, 1.165) is 6.42 Å². The molecule has 5 rings (SSSR count). The summed E-state index contributed by atoms with van der Waals surface area (Å²) in [4.78, 5) is 0. The zero-order chi connectivity index (χ0) is 24.1. The van der Waals surface area contributed by atoms with E-state index in [1.54, 1.807) is 0 Å². The molecular formula is C32H40Cl2Hf-2. The quantitative estimate of drug-likeness (QED) is 0.199. The molecule has 0 aliphatic heterocycles. The third-order valence-corrected chi connectivity index (χ3v) is 8.34. The summed E-state index contributed by atoms with van der Waals surface area (Å²) in [7, 11) is 0. The Morgan fingerprint density at radius 2 is 1.34 bits per heavy atom. The van der Waals surface area contributed by atoms with Crippen molar-refractivity contribution in [3.63, 3.8) is 0 Å². The first kappa shape index (κ1) is 32.1. The van der Waals surface area contributed by atoms with Gasteiger partial charge >= 0.3 is 59.3 Å². The second kappa shape index (κ2) is 14.2. The zero-order valence-electron chi connectivity index (χ0n) is 22.3. The van der Waals surface area contributed by atoms with Gasteiger partial charge in [0.1, 0.15) is 0 Å². The van der Waals surface area contributed by atoms with Crippen LogP contribution in [0, 0.1) is 6.07 Å². The van der Waals surface area contributed by atoms with Crippen LogP contribution in [0.5, 0.6) is 0 Å². The Labute approximate surface area is 241 Å². The van der Waals surface area contributed by atoms with Gasteiger partial charge in [-0.1, -0.05) is 76.3 Å². The molecule has 2 aliphatic rings. The maximum Gasteiger partial charge on any atom is -0.172 e. The van der Waals surface area contributed by atoms with E-state index < -0.39 is 0 Å². The average Bonchev–Trinajstić information content (AvgIpc) is 3.44. The fraction of sp³-hybridized carbons (Fsp3) is 0.438. The largest absolute Gasteiger partial charge is 0.214 e. The Hall–Kier alpha value is -0.890. The maximum atomic E-state index is 3.53. The summed E-state index contributed by atoms with van der Waals surface area (Å²) in [6.45, 7) is 13.6. The van der Waals surface area contributed by atoms with E-state index in [1.165, 1.54) is 89.4 Å². The summed E-state index contributed by atoms with van der Waals surface area (Å²) >= 11 is 1.37. The van der Waals surface area contributed by atoms with E-state index in [2.05, 4.69) is 77.9 Å². The predicted octanol–water partition coefficient (Wildman–Crippen LogP) is 2.74. The molecule has 0 amide bonds. The van der Waals surface area contributed by atoms with Crippen LogP contribution in [0.1, 0.15) is 95.9 Å². The molecule has 0 aromatic heterocycles. The second-order valence-electron chi connectivity index (χ2n) is 11.5. The summed E-state index contributed by atoms with van der Waals surface area (Å²) in [6, 6.07) is 25.1. The number of hydrogen-bond acceptors (Lipinski definition) is 0. The molecule has 0 saturated heterocycles. The minimum absolute atomic E-state index is 0. The van der Waals surface area contributed by atoms with Crippen molar-refractivity contribution in [3.8, 4) is 11.1 Å². The predicted molar refractivity (Wildman–Crippen MR) is 141 cm³/mol. The van der Waals surface area contributed by atoms with Crippen LogP contribution in [0.4, 0.5) is 0 Å². The van der Waals surface area contributed by atoms with Gasteiger partial charge in [0.05, 0.1) is 0 Å². The normalized spacial score (nSPS) is 14.1. The fourth-order valence-corrected chi connectivity index (χ4v) is 5.55. The molecule has 3 heteroatoms. The zero-order valence-corrected chi connectivity index (χ0v) is 27.4. The molecule has 2 aliphatic carbocycles. The Morgan fingerprint density at radius 3 is 1.80 bits per heavy atom. The summed E-state index contributed by atoms with van der Waals surface area (Å²) in [5.41, 5.74) is 8.76. The van der Waals surface area contributed by atoms with E-state index >= 15 is 0 Å². The fourth-order valence-electron chi connectivity index (χ4n) is 4.28. The monoisotopic (exact) mass is 674 g/mol. The van der Waals surface area contributed by atoms with Crippen LogP contribution in [-0.2, 0) is 41.1 Å². The molecule has 0 heterocycles. The SMILES string of the molecule is CC(C)(C)c1c[c-]c2c(c1)-c1cc(C(C)(C)C)ccc1C2.[Cl-].[Cl-].[Hf+2]=[C]1CCCCC1.c1cc[cH-]c1. The van der Waals surface area contributed by atoms with E-state index in [1.807, 2.05) is 33.6 Å². The molecule has 0 atom stereocenters. The van der Waals surface area contributed by atoms with Gasteiger partial charge in [0.15, 0.2) is 0 Å². The number of benzene rings is 2. The molecule has 35 heavy (non-hydrogen) atoms. The molecule has 0 bridgehead atoms. The Balaban J connectivity index is 0.000000360. The van der Waals surface area contributed by atoms with Crippen LogP contribution >= 0.6 is 0 Å². The van der Waals surface area contributed by atoms with Crippen LogP contribution in [0.25, 0.3) is 11.1 Å². The van der Waals surface area contributed by atoms with E-state index in [9.17, 15) is 0 Å². The van der Waals surface area contributed by atoms with E-state index in [-0.39, 0.29) is 35.6 Å². The number of halogens is 2. The molecular weight excluding hydrogens is 634 g/mol. The minimum Gasteiger partial charge on any atom is -0.214 e. The van der Waals surface area contributed by atoms with E-state index in [4.69, 9.17) is 0 Å². The third kappa shape index (κ3) is 9.49. The standard InChI is InChI=1S/C21H25.C6H10.C5H5.2ClH.Hf/c1-20(2,3)16-9-7-14-11-15-8-10-17(21(4,5)6)13-19(15)18(14)12-16;1-2-4-6-5-3-1;1-2-4-5-3-1;;;/h7,9-10,12-13H,11H2,1-6H3;1-5H2;1-5H;2*1H;/q-1;;-1;;;+2/p-2. The van der Waals surface area contributed by atoms with Gasteiger partial charge in [0.25, 0.3) is 0 Å². The van der Waals surface area contributed by atoms with Crippen LogP contribution in [0.3, 0.4) is 0 Å². The van der Waals surface area contributed by atoms with Crippen LogP contribution < -0.4 is 24.8 Å². The summed E-state index contributed by atoms with van der Waals surface area (Å²) < 4.78 is 1.85. The molecule has 3 aromatic rings. The molecule has 3 aromatic carbocycles. The first-order chi connectivity index (χ1) is 15.6. The van der Waals surface area contributed by atoms with Gasteiger partial charge in [-0.3, -0.25) is 0 Å². The minimum atomic E-state index is 0.